The van der Waals surface area contributed by atoms with Crippen LogP contribution in [-0.4, -0.2) is 10.7 Å². The van der Waals surface area contributed by atoms with Crippen molar-refractivity contribution in [2.45, 2.75) is 13.3 Å². The zero-order chi connectivity index (χ0) is 9.68. The Hall–Kier alpha value is -0.470. The van der Waals surface area contributed by atoms with E-state index < -0.39 is 0 Å². The van der Waals surface area contributed by atoms with Gasteiger partial charge in [0.15, 0.2) is 0 Å². The Kier molecular flexibility index (Phi) is 4.33. The fourth-order valence-corrected chi connectivity index (χ4v) is 1.43. The Bertz CT molecular complexity index is 290. The van der Waals surface area contributed by atoms with Gasteiger partial charge in [0.25, 0.3) is 0 Å². The third-order valence-corrected chi connectivity index (χ3v) is 2.30. The second kappa shape index (κ2) is 5.30. The quantitative estimate of drug-likeness (QED) is 0.600. The van der Waals surface area contributed by atoms with Crippen molar-refractivity contribution in [2.24, 2.45) is 0 Å². The standard InChI is InChI=1S/C10H12ClNS/c1-8-5-6-12-10(11)9(8)4-2-3-7-13/h2,4-6,13H,3,7H2,1H3. The van der Waals surface area contributed by atoms with E-state index >= 15 is 0 Å². The first kappa shape index (κ1) is 10.6. The molecule has 0 fully saturated rings. The number of aryl methyl sites for hydroxylation is 1. The van der Waals surface area contributed by atoms with Crippen molar-refractivity contribution in [3.63, 3.8) is 0 Å². The van der Waals surface area contributed by atoms with Crippen molar-refractivity contribution in [1.82, 2.24) is 4.98 Å². The van der Waals surface area contributed by atoms with Gasteiger partial charge in [0.05, 0.1) is 0 Å². The lowest BCUT2D eigenvalue weighted by Crippen LogP contribution is -1.85. The van der Waals surface area contributed by atoms with Crippen molar-refractivity contribution in [1.29, 1.82) is 0 Å². The van der Waals surface area contributed by atoms with Crippen LogP contribution in [0.3, 0.4) is 0 Å². The lowest BCUT2D eigenvalue weighted by Gasteiger charge is -2.00. The van der Waals surface area contributed by atoms with E-state index in [2.05, 4.69) is 23.7 Å². The summed E-state index contributed by atoms with van der Waals surface area (Å²) in [5.74, 6) is 0.855. The van der Waals surface area contributed by atoms with Gasteiger partial charge in [-0.3, -0.25) is 0 Å². The molecule has 0 aliphatic carbocycles. The normalized spacial score (nSPS) is 11.0. The predicted molar refractivity (Wildman–Crippen MR) is 61.5 cm³/mol. The molecule has 0 aliphatic rings. The first-order valence-electron chi connectivity index (χ1n) is 4.14. The van der Waals surface area contributed by atoms with Crippen LogP contribution in [0.5, 0.6) is 0 Å². The molecular weight excluding hydrogens is 202 g/mol. The molecule has 0 N–H and O–H groups in total. The number of pyridine rings is 1. The van der Waals surface area contributed by atoms with Gasteiger partial charge in [-0.15, -0.1) is 0 Å². The van der Waals surface area contributed by atoms with Gasteiger partial charge in [0.2, 0.25) is 0 Å². The average molecular weight is 214 g/mol. The minimum absolute atomic E-state index is 0.565. The molecule has 0 saturated heterocycles. The van der Waals surface area contributed by atoms with E-state index in [1.165, 1.54) is 0 Å². The van der Waals surface area contributed by atoms with Gasteiger partial charge in [0, 0.05) is 11.8 Å². The lowest BCUT2D eigenvalue weighted by atomic mass is 10.1. The Labute approximate surface area is 89.2 Å². The number of hydrogen-bond donors (Lipinski definition) is 1. The topological polar surface area (TPSA) is 12.9 Å². The number of halogens is 1. The molecular formula is C10H12ClNS. The number of hydrogen-bond acceptors (Lipinski definition) is 2. The maximum Gasteiger partial charge on any atom is 0.136 e. The van der Waals surface area contributed by atoms with Gasteiger partial charge in [-0.1, -0.05) is 23.8 Å². The average Bonchev–Trinajstić information content (AvgIpc) is 2.10. The first-order chi connectivity index (χ1) is 6.25. The van der Waals surface area contributed by atoms with Gasteiger partial charge >= 0.3 is 0 Å². The van der Waals surface area contributed by atoms with Crippen LogP contribution >= 0.6 is 24.2 Å². The molecule has 0 spiro atoms. The molecule has 0 radical (unpaired) electrons. The van der Waals surface area contributed by atoms with Gasteiger partial charge in [-0.25, -0.2) is 4.98 Å². The molecule has 1 aromatic heterocycles. The number of thiol groups is 1. The monoisotopic (exact) mass is 213 g/mol. The smallest absolute Gasteiger partial charge is 0.136 e. The first-order valence-corrected chi connectivity index (χ1v) is 5.15. The summed E-state index contributed by atoms with van der Waals surface area (Å²) >= 11 is 10.0. The van der Waals surface area contributed by atoms with Crippen LogP contribution in [0.4, 0.5) is 0 Å². The molecule has 70 valence electrons. The zero-order valence-electron chi connectivity index (χ0n) is 7.50. The van der Waals surface area contributed by atoms with Gasteiger partial charge in [0.1, 0.15) is 5.15 Å². The highest BCUT2D eigenvalue weighted by Gasteiger charge is 1.99. The molecule has 0 aromatic carbocycles. The van der Waals surface area contributed by atoms with E-state index in [0.717, 1.165) is 23.3 Å². The minimum Gasteiger partial charge on any atom is -0.244 e. The second-order valence-electron chi connectivity index (χ2n) is 2.75. The predicted octanol–water partition coefficient (Wildman–Crippen LogP) is 3.38. The molecule has 0 aliphatic heterocycles. The van der Waals surface area contributed by atoms with Gasteiger partial charge in [-0.2, -0.15) is 12.6 Å². The maximum absolute atomic E-state index is 5.93. The molecule has 0 bridgehead atoms. The molecule has 0 saturated carbocycles. The van der Waals surface area contributed by atoms with Crippen molar-refractivity contribution < 1.29 is 0 Å². The highest BCUT2D eigenvalue weighted by atomic mass is 35.5. The zero-order valence-corrected chi connectivity index (χ0v) is 9.15. The highest BCUT2D eigenvalue weighted by molar-refractivity contribution is 7.80. The minimum atomic E-state index is 0.565. The molecule has 0 atom stereocenters. The summed E-state index contributed by atoms with van der Waals surface area (Å²) in [5, 5.41) is 0.565. The van der Waals surface area contributed by atoms with Crippen LogP contribution in [0.1, 0.15) is 17.5 Å². The van der Waals surface area contributed by atoms with Gasteiger partial charge < -0.3 is 0 Å². The molecule has 0 amide bonds. The Morgan fingerprint density at radius 2 is 2.38 bits per heavy atom. The SMILES string of the molecule is Cc1ccnc(Cl)c1C=CCCS. The van der Waals surface area contributed by atoms with Crippen LogP contribution in [-0.2, 0) is 0 Å². The van der Waals surface area contributed by atoms with E-state index in [9.17, 15) is 0 Å². The van der Waals surface area contributed by atoms with Crippen LogP contribution in [0.15, 0.2) is 18.3 Å². The number of allylic oxidation sites excluding steroid dienone is 1. The van der Waals surface area contributed by atoms with E-state index in [-0.39, 0.29) is 0 Å². The molecule has 1 aromatic rings. The Morgan fingerprint density at radius 1 is 1.62 bits per heavy atom. The van der Waals surface area contributed by atoms with Crippen LogP contribution in [0.25, 0.3) is 6.08 Å². The maximum atomic E-state index is 5.93. The van der Waals surface area contributed by atoms with Crippen molar-refractivity contribution in [3.8, 4) is 0 Å². The Balaban J connectivity index is 2.87. The van der Waals surface area contributed by atoms with Crippen LogP contribution < -0.4 is 0 Å². The van der Waals surface area contributed by atoms with E-state index in [0.29, 0.717) is 5.15 Å². The molecule has 0 unspecified atom stereocenters. The summed E-state index contributed by atoms with van der Waals surface area (Å²) in [6.07, 6.45) is 6.73. The summed E-state index contributed by atoms with van der Waals surface area (Å²) < 4.78 is 0. The van der Waals surface area contributed by atoms with E-state index in [1.54, 1.807) is 6.20 Å². The third kappa shape index (κ3) is 3.05. The number of rotatable bonds is 3. The fraction of sp³-hybridized carbons (Fsp3) is 0.300. The van der Waals surface area contributed by atoms with Crippen molar-refractivity contribution in [2.75, 3.05) is 5.75 Å². The highest BCUT2D eigenvalue weighted by Crippen LogP contribution is 2.18. The third-order valence-electron chi connectivity index (χ3n) is 1.74. The number of aromatic nitrogens is 1. The molecule has 1 nitrogen and oxygen atoms in total. The molecule has 13 heavy (non-hydrogen) atoms. The summed E-state index contributed by atoms with van der Waals surface area (Å²) in [5.41, 5.74) is 2.15. The van der Waals surface area contributed by atoms with Crippen molar-refractivity contribution >= 4 is 30.3 Å². The lowest BCUT2D eigenvalue weighted by molar-refractivity contribution is 1.24. The summed E-state index contributed by atoms with van der Waals surface area (Å²) in [6.45, 7) is 2.02. The van der Waals surface area contributed by atoms with Crippen molar-refractivity contribution in [3.05, 3.63) is 34.6 Å². The largest absolute Gasteiger partial charge is 0.244 e. The second-order valence-corrected chi connectivity index (χ2v) is 3.55. The Morgan fingerprint density at radius 3 is 3.00 bits per heavy atom. The van der Waals surface area contributed by atoms with Crippen LogP contribution in [0.2, 0.25) is 5.15 Å². The molecule has 3 heteroatoms. The number of nitrogens with zero attached hydrogens (tertiary/aromatic N) is 1. The van der Waals surface area contributed by atoms with Crippen LogP contribution in [0, 0.1) is 6.92 Å². The molecule has 1 rings (SSSR count). The summed E-state index contributed by atoms with van der Waals surface area (Å²) in [6, 6.07) is 1.95. The van der Waals surface area contributed by atoms with E-state index in [4.69, 9.17) is 11.6 Å². The van der Waals surface area contributed by atoms with Gasteiger partial charge in [-0.05, 0) is 30.7 Å². The summed E-state index contributed by atoms with van der Waals surface area (Å²) in [7, 11) is 0. The summed E-state index contributed by atoms with van der Waals surface area (Å²) in [4.78, 5) is 4.01. The molecule has 1 heterocycles. The fourth-order valence-electron chi connectivity index (χ4n) is 1.01. The van der Waals surface area contributed by atoms with E-state index in [1.807, 2.05) is 19.1 Å².